The van der Waals surface area contributed by atoms with Crippen molar-refractivity contribution in [2.75, 3.05) is 11.9 Å². The highest BCUT2D eigenvalue weighted by molar-refractivity contribution is 6.00. The number of aryl methyl sites for hydroxylation is 1. The number of ether oxygens (including phenoxy) is 1. The minimum atomic E-state index is -0.880. The number of nitrogens with two attached hydrogens (primary N) is 1. The molecule has 1 aromatic rings. The highest BCUT2D eigenvalue weighted by atomic mass is 16.5. The lowest BCUT2D eigenvalue weighted by molar-refractivity contribution is -0.166. The van der Waals surface area contributed by atoms with Gasteiger partial charge in [-0.05, 0) is 25.5 Å². The number of benzene rings is 1. The Hall–Kier alpha value is -1.39. The van der Waals surface area contributed by atoms with E-state index < -0.39 is 5.54 Å². The molecule has 2 unspecified atom stereocenters. The number of hydrogen-bond acceptors (Lipinski definition) is 3. The molecular formula is C16H24N2O2. The van der Waals surface area contributed by atoms with Crippen LogP contribution in [0.5, 0.6) is 0 Å². The van der Waals surface area contributed by atoms with E-state index in [4.69, 9.17) is 10.5 Å². The molecule has 3 N–H and O–H groups in total. The van der Waals surface area contributed by atoms with Gasteiger partial charge < -0.3 is 15.8 Å². The van der Waals surface area contributed by atoms with Crippen molar-refractivity contribution in [1.82, 2.24) is 0 Å². The molecule has 4 heteroatoms. The summed E-state index contributed by atoms with van der Waals surface area (Å²) in [6.07, 6.45) is 0.603. The van der Waals surface area contributed by atoms with Gasteiger partial charge in [0.05, 0.1) is 6.10 Å². The zero-order valence-electron chi connectivity index (χ0n) is 12.7. The lowest BCUT2D eigenvalue weighted by Gasteiger charge is -2.57. The molecule has 2 atom stereocenters. The maximum Gasteiger partial charge on any atom is 0.245 e. The molecule has 1 saturated carbocycles. The second-order valence-electron chi connectivity index (χ2n) is 6.11. The van der Waals surface area contributed by atoms with Crippen molar-refractivity contribution in [3.05, 3.63) is 29.8 Å². The number of anilines is 1. The quantitative estimate of drug-likeness (QED) is 0.888. The van der Waals surface area contributed by atoms with Crippen molar-refractivity contribution in [3.8, 4) is 0 Å². The Labute approximate surface area is 120 Å². The minimum absolute atomic E-state index is 0.0418. The van der Waals surface area contributed by atoms with Crippen molar-refractivity contribution in [3.63, 3.8) is 0 Å². The number of rotatable bonds is 4. The SMILES string of the molecule is CCOC1CC(N)(C(=O)Nc2ccccc2C)C1(C)C. The van der Waals surface area contributed by atoms with Crippen LogP contribution in [0.4, 0.5) is 5.69 Å². The van der Waals surface area contributed by atoms with Gasteiger partial charge in [0.1, 0.15) is 5.54 Å². The van der Waals surface area contributed by atoms with Crippen LogP contribution >= 0.6 is 0 Å². The number of hydrogen-bond donors (Lipinski definition) is 2. The molecule has 1 amide bonds. The zero-order chi connectivity index (χ0) is 15.0. The molecule has 1 aliphatic rings. The van der Waals surface area contributed by atoms with Gasteiger partial charge >= 0.3 is 0 Å². The molecule has 2 rings (SSSR count). The second kappa shape index (κ2) is 5.19. The smallest absolute Gasteiger partial charge is 0.245 e. The molecule has 20 heavy (non-hydrogen) atoms. The standard InChI is InChI=1S/C16H24N2O2/c1-5-20-13-10-16(17,15(13,3)4)14(19)18-12-9-7-6-8-11(12)2/h6-9,13H,5,10,17H2,1-4H3,(H,18,19). The molecule has 0 saturated heterocycles. The number of carbonyl (C=O) groups excluding carboxylic acids is 1. The molecule has 1 aliphatic carbocycles. The van der Waals surface area contributed by atoms with Crippen molar-refractivity contribution in [1.29, 1.82) is 0 Å². The van der Waals surface area contributed by atoms with E-state index in [9.17, 15) is 4.79 Å². The first-order chi connectivity index (χ1) is 9.33. The van der Waals surface area contributed by atoms with Crippen molar-refractivity contribution in [2.45, 2.75) is 45.8 Å². The van der Waals surface area contributed by atoms with Gasteiger partial charge in [-0.3, -0.25) is 4.79 Å². The van der Waals surface area contributed by atoms with Crippen molar-refractivity contribution in [2.24, 2.45) is 11.1 Å². The molecule has 1 aromatic carbocycles. The summed E-state index contributed by atoms with van der Waals surface area (Å²) in [4.78, 5) is 12.5. The molecule has 0 radical (unpaired) electrons. The van der Waals surface area contributed by atoms with E-state index in [0.29, 0.717) is 13.0 Å². The van der Waals surface area contributed by atoms with Gasteiger partial charge in [-0.2, -0.15) is 0 Å². The van der Waals surface area contributed by atoms with E-state index in [2.05, 4.69) is 5.32 Å². The monoisotopic (exact) mass is 276 g/mol. The minimum Gasteiger partial charge on any atom is -0.378 e. The first-order valence-electron chi connectivity index (χ1n) is 7.10. The van der Waals surface area contributed by atoms with Crippen LogP contribution in [-0.4, -0.2) is 24.2 Å². The van der Waals surface area contributed by atoms with Gasteiger partial charge in [-0.15, -0.1) is 0 Å². The van der Waals surface area contributed by atoms with Crippen molar-refractivity contribution < 1.29 is 9.53 Å². The highest BCUT2D eigenvalue weighted by Gasteiger charge is 2.62. The summed E-state index contributed by atoms with van der Waals surface area (Å²) < 4.78 is 5.65. The van der Waals surface area contributed by atoms with Crippen LogP contribution in [0.25, 0.3) is 0 Å². The maximum atomic E-state index is 12.5. The van der Waals surface area contributed by atoms with Gasteiger partial charge in [-0.25, -0.2) is 0 Å². The van der Waals surface area contributed by atoms with E-state index in [-0.39, 0.29) is 17.4 Å². The predicted octanol–water partition coefficient (Wildman–Crippen LogP) is 2.47. The lowest BCUT2D eigenvalue weighted by atomic mass is 9.54. The Bertz CT molecular complexity index is 513. The average Bonchev–Trinajstić information content (AvgIpc) is 2.40. The summed E-state index contributed by atoms with van der Waals surface area (Å²) in [5.41, 5.74) is 6.95. The Morgan fingerprint density at radius 2 is 2.10 bits per heavy atom. The molecular weight excluding hydrogens is 252 g/mol. The van der Waals surface area contributed by atoms with Crippen LogP contribution < -0.4 is 11.1 Å². The van der Waals surface area contributed by atoms with Crippen LogP contribution in [0.3, 0.4) is 0 Å². The van der Waals surface area contributed by atoms with Crippen LogP contribution in [-0.2, 0) is 9.53 Å². The molecule has 4 nitrogen and oxygen atoms in total. The van der Waals surface area contributed by atoms with Crippen LogP contribution in [0.15, 0.2) is 24.3 Å². The van der Waals surface area contributed by atoms with E-state index in [1.165, 1.54) is 0 Å². The fourth-order valence-corrected chi connectivity index (χ4v) is 2.77. The second-order valence-corrected chi connectivity index (χ2v) is 6.11. The van der Waals surface area contributed by atoms with E-state index in [1.54, 1.807) is 0 Å². The number of para-hydroxylation sites is 1. The molecule has 0 aromatic heterocycles. The van der Waals surface area contributed by atoms with Gasteiger partial charge in [-0.1, -0.05) is 32.0 Å². The normalized spacial score (nSPS) is 27.8. The Kier molecular flexibility index (Phi) is 3.89. The van der Waals surface area contributed by atoms with Gasteiger partial charge in [0.2, 0.25) is 5.91 Å². The van der Waals surface area contributed by atoms with Crippen LogP contribution in [0, 0.1) is 12.3 Å². The first-order valence-corrected chi connectivity index (χ1v) is 7.10. The lowest BCUT2D eigenvalue weighted by Crippen LogP contribution is -2.74. The van der Waals surface area contributed by atoms with E-state index in [1.807, 2.05) is 52.0 Å². The molecule has 0 bridgehead atoms. The highest BCUT2D eigenvalue weighted by Crippen LogP contribution is 2.50. The van der Waals surface area contributed by atoms with Gasteiger partial charge in [0, 0.05) is 24.1 Å². The maximum absolute atomic E-state index is 12.5. The predicted molar refractivity (Wildman–Crippen MR) is 80.5 cm³/mol. The largest absolute Gasteiger partial charge is 0.378 e. The summed E-state index contributed by atoms with van der Waals surface area (Å²) >= 11 is 0. The molecule has 0 spiro atoms. The van der Waals surface area contributed by atoms with Crippen LogP contribution in [0.2, 0.25) is 0 Å². The number of amides is 1. The number of carbonyl (C=O) groups is 1. The van der Waals surface area contributed by atoms with E-state index in [0.717, 1.165) is 11.3 Å². The first kappa shape index (κ1) is 15.0. The fraction of sp³-hybridized carbons (Fsp3) is 0.562. The third-order valence-corrected chi connectivity index (χ3v) is 4.63. The Morgan fingerprint density at radius 1 is 1.45 bits per heavy atom. The topological polar surface area (TPSA) is 64.3 Å². The fourth-order valence-electron chi connectivity index (χ4n) is 2.77. The zero-order valence-corrected chi connectivity index (χ0v) is 12.7. The molecule has 0 aliphatic heterocycles. The Morgan fingerprint density at radius 3 is 2.65 bits per heavy atom. The average molecular weight is 276 g/mol. The molecule has 0 heterocycles. The third kappa shape index (κ3) is 2.23. The number of nitrogens with one attached hydrogen (secondary N) is 1. The van der Waals surface area contributed by atoms with Gasteiger partial charge in [0.25, 0.3) is 0 Å². The summed E-state index contributed by atoms with van der Waals surface area (Å²) in [6, 6.07) is 7.71. The Balaban J connectivity index is 2.12. The molecule has 110 valence electrons. The molecule has 1 fully saturated rings. The van der Waals surface area contributed by atoms with Crippen LogP contribution in [0.1, 0.15) is 32.8 Å². The van der Waals surface area contributed by atoms with Crippen molar-refractivity contribution >= 4 is 11.6 Å². The summed E-state index contributed by atoms with van der Waals surface area (Å²) in [5, 5.41) is 2.95. The summed E-state index contributed by atoms with van der Waals surface area (Å²) in [5.74, 6) is -0.132. The third-order valence-electron chi connectivity index (χ3n) is 4.63. The summed E-state index contributed by atoms with van der Waals surface area (Å²) in [7, 11) is 0. The van der Waals surface area contributed by atoms with E-state index >= 15 is 0 Å². The summed E-state index contributed by atoms with van der Waals surface area (Å²) in [6.45, 7) is 8.56. The van der Waals surface area contributed by atoms with Gasteiger partial charge in [0.15, 0.2) is 0 Å².